The molecule has 158 valence electrons. The molecule has 0 saturated carbocycles. The number of alkyl halides is 12. The van der Waals surface area contributed by atoms with Crippen LogP contribution in [0.2, 0.25) is 0 Å². The second-order valence-electron chi connectivity index (χ2n) is 7.95. The minimum atomic E-state index is -7.51. The average molecular weight is 414 g/mol. The summed E-state index contributed by atoms with van der Waals surface area (Å²) in [4.78, 5) is 0. The lowest BCUT2D eigenvalue weighted by atomic mass is 9.76. The van der Waals surface area contributed by atoms with E-state index in [1.165, 1.54) is 0 Å². The van der Waals surface area contributed by atoms with Gasteiger partial charge in [-0.15, -0.1) is 0 Å². The molecule has 0 radical (unpaired) electrons. The highest BCUT2D eigenvalue weighted by Gasteiger charge is 2.91. The second-order valence-corrected chi connectivity index (χ2v) is 7.95. The molecule has 0 aromatic heterocycles. The van der Waals surface area contributed by atoms with Gasteiger partial charge >= 0.3 is 35.5 Å². The van der Waals surface area contributed by atoms with Crippen molar-refractivity contribution in [3.8, 4) is 0 Å². The molecule has 0 fully saturated rings. The van der Waals surface area contributed by atoms with Gasteiger partial charge in [0, 0.05) is 10.8 Å². The molecule has 0 aromatic carbocycles. The third-order valence-corrected chi connectivity index (χ3v) is 3.86. The smallest absolute Gasteiger partial charge is 0.199 e. The van der Waals surface area contributed by atoms with Crippen molar-refractivity contribution in [3.63, 3.8) is 0 Å². The Morgan fingerprint density at radius 2 is 0.385 bits per heavy atom. The van der Waals surface area contributed by atoms with Gasteiger partial charge in [-0.3, -0.25) is 0 Å². The molecule has 0 aliphatic rings. The fourth-order valence-electron chi connectivity index (χ4n) is 1.73. The van der Waals surface area contributed by atoms with Crippen molar-refractivity contribution in [2.24, 2.45) is 10.8 Å². The van der Waals surface area contributed by atoms with Crippen molar-refractivity contribution in [2.45, 2.75) is 77.1 Å². The van der Waals surface area contributed by atoms with E-state index in [2.05, 4.69) is 0 Å². The highest BCUT2D eigenvalue weighted by molar-refractivity contribution is 5.14. The molecule has 0 rings (SSSR count). The Hall–Kier alpha value is -0.840. The summed E-state index contributed by atoms with van der Waals surface area (Å²) in [6, 6.07) is 0. The zero-order chi connectivity index (χ0) is 22.0. The topological polar surface area (TPSA) is 0 Å². The molecule has 0 saturated heterocycles. The van der Waals surface area contributed by atoms with Crippen molar-refractivity contribution < 1.29 is 52.7 Å². The molecule has 0 aromatic rings. The lowest BCUT2D eigenvalue weighted by Crippen LogP contribution is -2.73. The first-order chi connectivity index (χ1) is 10.8. The molecule has 0 aliphatic carbocycles. The van der Waals surface area contributed by atoms with E-state index in [1.54, 1.807) is 0 Å². The van der Waals surface area contributed by atoms with Gasteiger partial charge in [0.05, 0.1) is 0 Å². The van der Waals surface area contributed by atoms with Crippen LogP contribution in [0.5, 0.6) is 0 Å². The zero-order valence-corrected chi connectivity index (χ0v) is 14.5. The Labute approximate surface area is 141 Å². The van der Waals surface area contributed by atoms with Crippen LogP contribution < -0.4 is 0 Å². The van der Waals surface area contributed by atoms with Gasteiger partial charge in [0.25, 0.3) is 0 Å². The van der Waals surface area contributed by atoms with Crippen LogP contribution in [0.3, 0.4) is 0 Å². The van der Waals surface area contributed by atoms with Crippen LogP contribution in [-0.2, 0) is 0 Å². The third kappa shape index (κ3) is 2.94. The molecule has 0 spiro atoms. The first kappa shape index (κ1) is 25.2. The first-order valence-corrected chi connectivity index (χ1v) is 7.02. The molecule has 0 heterocycles. The Balaban J connectivity index is 6.61. The Bertz CT molecular complexity index is 471. The van der Waals surface area contributed by atoms with Gasteiger partial charge in [-0.05, 0) is 0 Å². The summed E-state index contributed by atoms with van der Waals surface area (Å²) in [5, 5.41) is 0. The van der Waals surface area contributed by atoms with Crippen molar-refractivity contribution >= 4 is 0 Å². The molecule has 26 heavy (non-hydrogen) atoms. The standard InChI is InChI=1S/C14H18F12/c1-7(2,3)9(15,16)11(19,20)13(23,24)14(25,26)12(21,22)10(17,18)8(4,5)6/h1-6H3. The molecular formula is C14H18F12. The van der Waals surface area contributed by atoms with Crippen LogP contribution in [-0.4, -0.2) is 35.5 Å². The molecule has 0 nitrogen and oxygen atoms in total. The Morgan fingerprint density at radius 3 is 0.500 bits per heavy atom. The normalized spacial score (nSPS) is 16.8. The minimum absolute atomic E-state index is 0.261. The predicted octanol–water partition coefficient (Wildman–Crippen LogP) is 6.89. The van der Waals surface area contributed by atoms with Crippen molar-refractivity contribution in [3.05, 3.63) is 0 Å². The summed E-state index contributed by atoms with van der Waals surface area (Å²) >= 11 is 0. The number of rotatable bonds is 5. The van der Waals surface area contributed by atoms with E-state index in [1.807, 2.05) is 0 Å². The van der Waals surface area contributed by atoms with E-state index in [9.17, 15) is 52.7 Å². The van der Waals surface area contributed by atoms with Gasteiger partial charge in [0.1, 0.15) is 0 Å². The summed E-state index contributed by atoms with van der Waals surface area (Å²) in [6.45, 7) is 1.57. The average Bonchev–Trinajstić information content (AvgIpc) is 2.34. The molecule has 0 bridgehead atoms. The van der Waals surface area contributed by atoms with E-state index < -0.39 is 46.4 Å². The van der Waals surface area contributed by atoms with Crippen LogP contribution in [0.1, 0.15) is 41.5 Å². The van der Waals surface area contributed by atoms with E-state index in [0.29, 0.717) is 0 Å². The monoisotopic (exact) mass is 414 g/mol. The van der Waals surface area contributed by atoms with Gasteiger partial charge in [-0.2, -0.15) is 52.7 Å². The second kappa shape index (κ2) is 5.83. The van der Waals surface area contributed by atoms with E-state index in [4.69, 9.17) is 0 Å². The van der Waals surface area contributed by atoms with Crippen LogP contribution in [0.4, 0.5) is 52.7 Å². The lowest BCUT2D eigenvalue weighted by molar-refractivity contribution is -0.439. The number of hydrogen-bond donors (Lipinski definition) is 0. The van der Waals surface area contributed by atoms with Gasteiger partial charge in [0.15, 0.2) is 0 Å². The van der Waals surface area contributed by atoms with E-state index in [0.717, 1.165) is 0 Å². The highest BCUT2D eigenvalue weighted by Crippen LogP contribution is 2.64. The minimum Gasteiger partial charge on any atom is -0.199 e. The number of halogens is 12. The molecular weight excluding hydrogens is 396 g/mol. The summed E-state index contributed by atoms with van der Waals surface area (Å²) in [7, 11) is 0. The largest absolute Gasteiger partial charge is 0.384 e. The maximum atomic E-state index is 13.7. The third-order valence-electron chi connectivity index (χ3n) is 3.86. The zero-order valence-electron chi connectivity index (χ0n) is 14.5. The summed E-state index contributed by atoms with van der Waals surface area (Å²) in [5.74, 6) is -41.0. The molecule has 0 aliphatic heterocycles. The van der Waals surface area contributed by atoms with Crippen LogP contribution in [0, 0.1) is 10.8 Å². The maximum absolute atomic E-state index is 13.7. The Morgan fingerprint density at radius 1 is 0.269 bits per heavy atom. The van der Waals surface area contributed by atoms with Gasteiger partial charge in [-0.25, -0.2) is 0 Å². The van der Waals surface area contributed by atoms with Crippen LogP contribution in [0.25, 0.3) is 0 Å². The molecule has 0 amide bonds. The van der Waals surface area contributed by atoms with E-state index >= 15 is 0 Å². The predicted molar refractivity (Wildman–Crippen MR) is 68.6 cm³/mol. The van der Waals surface area contributed by atoms with Crippen LogP contribution >= 0.6 is 0 Å². The first-order valence-electron chi connectivity index (χ1n) is 7.02. The molecule has 0 unspecified atom stereocenters. The summed E-state index contributed by atoms with van der Waals surface area (Å²) < 4.78 is 164. The van der Waals surface area contributed by atoms with Gasteiger partial charge in [-0.1, -0.05) is 41.5 Å². The quantitative estimate of drug-likeness (QED) is 0.430. The van der Waals surface area contributed by atoms with Crippen molar-refractivity contribution in [1.82, 2.24) is 0 Å². The Kier molecular flexibility index (Phi) is 5.64. The lowest BCUT2D eigenvalue weighted by Gasteiger charge is -2.46. The van der Waals surface area contributed by atoms with E-state index in [-0.39, 0.29) is 41.5 Å². The summed E-state index contributed by atoms with van der Waals surface area (Å²) in [5.41, 5.74) is -6.17. The molecule has 0 atom stereocenters. The van der Waals surface area contributed by atoms with Gasteiger partial charge in [0.2, 0.25) is 0 Å². The van der Waals surface area contributed by atoms with Crippen molar-refractivity contribution in [2.75, 3.05) is 0 Å². The fourth-order valence-corrected chi connectivity index (χ4v) is 1.73. The molecule has 12 heteroatoms. The molecule has 0 N–H and O–H groups in total. The van der Waals surface area contributed by atoms with Crippen molar-refractivity contribution in [1.29, 1.82) is 0 Å². The SMILES string of the molecule is CC(C)(C)C(F)(F)C(F)(F)C(F)(F)C(F)(F)C(F)(F)C(F)(F)C(C)(C)C. The van der Waals surface area contributed by atoms with Crippen LogP contribution in [0.15, 0.2) is 0 Å². The highest BCUT2D eigenvalue weighted by atomic mass is 19.4. The summed E-state index contributed by atoms with van der Waals surface area (Å²) in [6.07, 6.45) is 0. The van der Waals surface area contributed by atoms with Gasteiger partial charge < -0.3 is 0 Å². The fraction of sp³-hybridized carbons (Fsp3) is 1.00. The number of hydrogen-bond acceptors (Lipinski definition) is 0. The maximum Gasteiger partial charge on any atom is 0.384 e.